The van der Waals surface area contributed by atoms with E-state index in [2.05, 4.69) is 39.0 Å². The number of alkyl halides is 1. The third kappa shape index (κ3) is 3.45. The highest BCUT2D eigenvalue weighted by Gasteiger charge is 2.32. The number of fused-ring (bicyclic) bond motifs is 1. The molecule has 0 aliphatic carbocycles. The first kappa shape index (κ1) is 14.7. The minimum Gasteiger partial charge on any atom is -0.492 e. The standard InChI is InChI=1S/C17H25ClO/c1-4-5-6-7-8-15(18)13-9-10-16-14(11-13)17(2,3)12-19-16/h9-11,15H,4-8,12H2,1-3H3. The highest BCUT2D eigenvalue weighted by atomic mass is 35.5. The fraction of sp³-hybridized carbons (Fsp3) is 0.647. The van der Waals surface area contributed by atoms with E-state index >= 15 is 0 Å². The number of unbranched alkanes of at least 4 members (excludes halogenated alkanes) is 3. The molecule has 0 N–H and O–H groups in total. The molecular weight excluding hydrogens is 256 g/mol. The summed E-state index contributed by atoms with van der Waals surface area (Å²) in [5.74, 6) is 1.03. The lowest BCUT2D eigenvalue weighted by atomic mass is 9.85. The van der Waals surface area contributed by atoms with Crippen LogP contribution in [0.2, 0.25) is 0 Å². The quantitative estimate of drug-likeness (QED) is 0.486. The van der Waals surface area contributed by atoms with Crippen LogP contribution < -0.4 is 4.74 Å². The highest BCUT2D eigenvalue weighted by Crippen LogP contribution is 2.40. The summed E-state index contributed by atoms with van der Waals surface area (Å²) in [5, 5.41) is 0.138. The molecule has 1 nitrogen and oxygen atoms in total. The summed E-state index contributed by atoms with van der Waals surface area (Å²) in [7, 11) is 0. The molecular formula is C17H25ClO. The number of ether oxygens (including phenoxy) is 1. The van der Waals surface area contributed by atoms with E-state index in [9.17, 15) is 0 Å². The Labute approximate surface area is 122 Å². The largest absolute Gasteiger partial charge is 0.492 e. The van der Waals surface area contributed by atoms with Gasteiger partial charge >= 0.3 is 0 Å². The van der Waals surface area contributed by atoms with Crippen molar-refractivity contribution in [2.45, 2.75) is 63.7 Å². The first-order chi connectivity index (χ1) is 9.04. The summed E-state index contributed by atoms with van der Waals surface area (Å²) in [6.45, 7) is 7.47. The van der Waals surface area contributed by atoms with Gasteiger partial charge in [0.1, 0.15) is 5.75 Å². The Morgan fingerprint density at radius 1 is 1.26 bits per heavy atom. The first-order valence-electron chi connectivity index (χ1n) is 7.46. The van der Waals surface area contributed by atoms with E-state index in [1.54, 1.807) is 0 Å². The van der Waals surface area contributed by atoms with E-state index < -0.39 is 0 Å². The number of halogens is 1. The Balaban J connectivity index is 2.01. The predicted molar refractivity (Wildman–Crippen MR) is 82.3 cm³/mol. The van der Waals surface area contributed by atoms with E-state index in [0.29, 0.717) is 0 Å². The highest BCUT2D eigenvalue weighted by molar-refractivity contribution is 6.20. The number of hydrogen-bond acceptors (Lipinski definition) is 1. The molecule has 0 fully saturated rings. The molecule has 0 aromatic heterocycles. The fourth-order valence-corrected chi connectivity index (χ4v) is 2.94. The second kappa shape index (κ2) is 6.17. The van der Waals surface area contributed by atoms with Crippen molar-refractivity contribution >= 4 is 11.6 Å². The minimum absolute atomic E-state index is 0.115. The molecule has 0 saturated heterocycles. The molecule has 106 valence electrons. The lowest BCUT2D eigenvalue weighted by Crippen LogP contribution is -2.18. The Morgan fingerprint density at radius 2 is 2.05 bits per heavy atom. The zero-order chi connectivity index (χ0) is 13.9. The fourth-order valence-electron chi connectivity index (χ4n) is 2.65. The average Bonchev–Trinajstić information content (AvgIpc) is 2.70. The van der Waals surface area contributed by atoms with E-state index in [1.165, 1.54) is 36.8 Å². The molecule has 0 spiro atoms. The number of benzene rings is 1. The SMILES string of the molecule is CCCCCCC(Cl)c1ccc2c(c1)C(C)(C)CO2. The van der Waals surface area contributed by atoms with Crippen molar-refractivity contribution in [3.05, 3.63) is 29.3 Å². The molecule has 0 amide bonds. The molecule has 1 atom stereocenters. The molecule has 1 aliphatic heterocycles. The zero-order valence-corrected chi connectivity index (χ0v) is 13.1. The maximum atomic E-state index is 6.54. The molecule has 2 rings (SSSR count). The molecule has 1 aromatic carbocycles. The Morgan fingerprint density at radius 3 is 2.79 bits per heavy atom. The first-order valence-corrected chi connectivity index (χ1v) is 7.89. The Bertz CT molecular complexity index is 425. The second-order valence-electron chi connectivity index (χ2n) is 6.25. The van der Waals surface area contributed by atoms with Gasteiger partial charge < -0.3 is 4.74 Å². The van der Waals surface area contributed by atoms with Crippen molar-refractivity contribution in [1.29, 1.82) is 0 Å². The van der Waals surface area contributed by atoms with Gasteiger partial charge in [-0.25, -0.2) is 0 Å². The summed E-state index contributed by atoms with van der Waals surface area (Å²) >= 11 is 6.54. The van der Waals surface area contributed by atoms with Gasteiger partial charge in [-0.3, -0.25) is 0 Å². The average molecular weight is 281 g/mol. The van der Waals surface area contributed by atoms with E-state index in [-0.39, 0.29) is 10.8 Å². The maximum absolute atomic E-state index is 6.54. The minimum atomic E-state index is 0.115. The summed E-state index contributed by atoms with van der Waals surface area (Å²) < 4.78 is 5.72. The van der Waals surface area contributed by atoms with Crippen LogP contribution in [0.3, 0.4) is 0 Å². The normalized spacial score (nSPS) is 17.9. The van der Waals surface area contributed by atoms with Gasteiger partial charge in [-0.2, -0.15) is 0 Å². The molecule has 0 radical (unpaired) electrons. The van der Waals surface area contributed by atoms with E-state index in [1.807, 2.05) is 0 Å². The molecule has 1 heterocycles. The Hall–Kier alpha value is -0.690. The van der Waals surface area contributed by atoms with Gasteiger partial charge in [-0.1, -0.05) is 52.5 Å². The van der Waals surface area contributed by atoms with Crippen LogP contribution in [0.15, 0.2) is 18.2 Å². The molecule has 1 aliphatic rings. The van der Waals surface area contributed by atoms with Gasteiger partial charge in [0, 0.05) is 11.0 Å². The van der Waals surface area contributed by atoms with Crippen LogP contribution in [0.1, 0.15) is 69.4 Å². The van der Waals surface area contributed by atoms with Crippen LogP contribution in [-0.4, -0.2) is 6.61 Å². The summed E-state index contributed by atoms with van der Waals surface area (Å²) in [6, 6.07) is 6.46. The molecule has 0 saturated carbocycles. The third-order valence-corrected chi connectivity index (χ3v) is 4.46. The number of rotatable bonds is 6. The van der Waals surface area contributed by atoms with Crippen LogP contribution in [0.4, 0.5) is 0 Å². The molecule has 2 heteroatoms. The number of hydrogen-bond donors (Lipinski definition) is 0. The summed E-state index contributed by atoms with van der Waals surface area (Å²) in [5.41, 5.74) is 2.67. The Kier molecular flexibility index (Phi) is 4.78. The van der Waals surface area contributed by atoms with Crippen molar-refractivity contribution < 1.29 is 4.74 Å². The maximum Gasteiger partial charge on any atom is 0.123 e. The van der Waals surface area contributed by atoms with E-state index in [4.69, 9.17) is 16.3 Å². The lowest BCUT2D eigenvalue weighted by Gasteiger charge is -2.17. The van der Waals surface area contributed by atoms with Crippen LogP contribution in [-0.2, 0) is 5.41 Å². The van der Waals surface area contributed by atoms with E-state index in [0.717, 1.165) is 18.8 Å². The van der Waals surface area contributed by atoms with Crippen molar-refractivity contribution in [2.24, 2.45) is 0 Å². The summed E-state index contributed by atoms with van der Waals surface area (Å²) in [4.78, 5) is 0. The van der Waals surface area contributed by atoms with Gasteiger partial charge in [-0.05, 0) is 24.1 Å². The van der Waals surface area contributed by atoms with Crippen LogP contribution in [0, 0.1) is 0 Å². The smallest absolute Gasteiger partial charge is 0.123 e. The van der Waals surface area contributed by atoms with Gasteiger partial charge in [0.05, 0.1) is 12.0 Å². The molecule has 0 bridgehead atoms. The molecule has 1 aromatic rings. The van der Waals surface area contributed by atoms with Crippen molar-refractivity contribution in [2.75, 3.05) is 6.61 Å². The van der Waals surface area contributed by atoms with Crippen molar-refractivity contribution in [3.8, 4) is 5.75 Å². The van der Waals surface area contributed by atoms with Gasteiger partial charge in [-0.15, -0.1) is 11.6 Å². The van der Waals surface area contributed by atoms with Gasteiger partial charge in [0.2, 0.25) is 0 Å². The monoisotopic (exact) mass is 280 g/mol. The third-order valence-electron chi connectivity index (χ3n) is 3.99. The van der Waals surface area contributed by atoms with Crippen molar-refractivity contribution in [1.82, 2.24) is 0 Å². The topological polar surface area (TPSA) is 9.23 Å². The van der Waals surface area contributed by atoms with Crippen LogP contribution in [0.5, 0.6) is 5.75 Å². The van der Waals surface area contributed by atoms with Crippen LogP contribution >= 0.6 is 11.6 Å². The van der Waals surface area contributed by atoms with Crippen molar-refractivity contribution in [3.63, 3.8) is 0 Å². The lowest BCUT2D eigenvalue weighted by molar-refractivity contribution is 0.291. The molecule has 19 heavy (non-hydrogen) atoms. The van der Waals surface area contributed by atoms with Gasteiger partial charge in [0.25, 0.3) is 0 Å². The molecule has 1 unspecified atom stereocenters. The predicted octanol–water partition coefficient (Wildman–Crippen LogP) is 5.61. The van der Waals surface area contributed by atoms with Crippen LogP contribution in [0.25, 0.3) is 0 Å². The van der Waals surface area contributed by atoms with Gasteiger partial charge in [0.15, 0.2) is 0 Å². The summed E-state index contributed by atoms with van der Waals surface area (Å²) in [6.07, 6.45) is 6.17. The zero-order valence-electron chi connectivity index (χ0n) is 12.3. The second-order valence-corrected chi connectivity index (χ2v) is 6.77.